The standard InChI is InChI=1S/C31H38N5O6PSSi/c1-6-40-43(38,41-7-2)27-14-13-26(42-27)21-17-23(28-25(18-21)34-35-36(28)19-39-15-16-45(3,4)5)22-9-8-10-24-29(22)44-31(32-24)33-30(37)20-11-12-20/h8-10,13-14,17-18,20H,6-7,11-12,15-16,19H2,1-5H3,(H,32,33,37). The fourth-order valence-corrected chi connectivity index (χ4v) is 8.21. The maximum absolute atomic E-state index is 13.4. The van der Waals surface area contributed by atoms with Gasteiger partial charge in [-0.05, 0) is 63.1 Å². The Labute approximate surface area is 266 Å². The van der Waals surface area contributed by atoms with Crippen molar-refractivity contribution in [3.63, 3.8) is 0 Å². The second-order valence-corrected chi connectivity index (χ2v) is 20.8. The molecule has 0 saturated heterocycles. The molecule has 0 spiro atoms. The third-order valence-corrected chi connectivity index (χ3v) is 12.1. The number of amides is 1. The van der Waals surface area contributed by atoms with Gasteiger partial charge in [0.15, 0.2) is 5.13 Å². The van der Waals surface area contributed by atoms with Crippen LogP contribution in [0.2, 0.25) is 25.7 Å². The topological polar surface area (TPSA) is 131 Å². The number of furan rings is 1. The van der Waals surface area contributed by atoms with Crippen LogP contribution in [0, 0.1) is 5.92 Å². The Balaban J connectivity index is 1.44. The number of hydrogen-bond donors (Lipinski definition) is 1. The molecule has 1 aliphatic rings. The summed E-state index contributed by atoms with van der Waals surface area (Å²) >= 11 is 1.44. The maximum Gasteiger partial charge on any atom is 0.396 e. The SMILES string of the molecule is CCOP(=O)(OCC)c1ccc(-c2cc(-c3cccc4nc(NC(=O)C5CC5)sc34)c3c(c2)nnn3COCC[Si](C)(C)C)o1. The fraction of sp³-hybridized carbons (Fsp3) is 0.419. The van der Waals surface area contributed by atoms with Crippen molar-refractivity contribution in [2.24, 2.45) is 5.92 Å². The highest BCUT2D eigenvalue weighted by Gasteiger charge is 2.32. The number of carbonyl (C=O) groups excluding carboxylic acids is 1. The lowest BCUT2D eigenvalue weighted by molar-refractivity contribution is -0.117. The first kappa shape index (κ1) is 31.8. The summed E-state index contributed by atoms with van der Waals surface area (Å²) in [6.07, 6.45) is 1.84. The summed E-state index contributed by atoms with van der Waals surface area (Å²) in [4.78, 5) is 17.2. The van der Waals surface area contributed by atoms with E-state index >= 15 is 0 Å². The minimum atomic E-state index is -3.61. The van der Waals surface area contributed by atoms with E-state index in [0.29, 0.717) is 23.0 Å². The molecule has 1 amide bonds. The largest absolute Gasteiger partial charge is 0.448 e. The number of carbonyl (C=O) groups is 1. The number of rotatable bonds is 14. The van der Waals surface area contributed by atoms with Crippen LogP contribution < -0.4 is 10.8 Å². The molecular formula is C31H38N5O6PSSi. The van der Waals surface area contributed by atoms with Crippen LogP contribution in [0.5, 0.6) is 0 Å². The van der Waals surface area contributed by atoms with Crippen molar-refractivity contribution in [3.05, 3.63) is 42.5 Å². The van der Waals surface area contributed by atoms with E-state index in [1.807, 2.05) is 30.3 Å². The lowest BCUT2D eigenvalue weighted by Crippen LogP contribution is -2.22. The first-order valence-electron chi connectivity index (χ1n) is 15.2. The smallest absolute Gasteiger partial charge is 0.396 e. The molecule has 0 bridgehead atoms. The van der Waals surface area contributed by atoms with Crippen molar-refractivity contribution in [2.75, 3.05) is 25.1 Å². The molecule has 45 heavy (non-hydrogen) atoms. The molecule has 5 aromatic rings. The molecule has 1 fully saturated rings. The summed E-state index contributed by atoms with van der Waals surface area (Å²) in [6.45, 7) is 11.8. The Bertz CT molecular complexity index is 1880. The summed E-state index contributed by atoms with van der Waals surface area (Å²) in [5, 5.41) is 12.5. The van der Waals surface area contributed by atoms with E-state index in [1.54, 1.807) is 30.7 Å². The van der Waals surface area contributed by atoms with Gasteiger partial charge in [0.25, 0.3) is 0 Å². The van der Waals surface area contributed by atoms with Gasteiger partial charge in [-0.15, -0.1) is 5.10 Å². The van der Waals surface area contributed by atoms with Gasteiger partial charge in [-0.25, -0.2) is 9.67 Å². The molecule has 238 valence electrons. The number of hydrogen-bond acceptors (Lipinski definition) is 10. The number of thiazole rings is 1. The zero-order chi connectivity index (χ0) is 31.8. The van der Waals surface area contributed by atoms with Crippen LogP contribution in [0.15, 0.2) is 46.9 Å². The lowest BCUT2D eigenvalue weighted by Gasteiger charge is -2.16. The van der Waals surface area contributed by atoms with Gasteiger partial charge >= 0.3 is 7.60 Å². The third kappa shape index (κ3) is 6.98. The normalized spacial score (nSPS) is 14.1. The van der Waals surface area contributed by atoms with Crippen LogP contribution in [-0.2, 0) is 29.9 Å². The minimum absolute atomic E-state index is 0.0164. The summed E-state index contributed by atoms with van der Waals surface area (Å²) in [5.74, 6) is 0.582. The number of anilines is 1. The van der Waals surface area contributed by atoms with Crippen molar-refractivity contribution in [3.8, 4) is 22.5 Å². The van der Waals surface area contributed by atoms with E-state index in [4.69, 9.17) is 23.2 Å². The van der Waals surface area contributed by atoms with Crippen molar-refractivity contribution in [2.45, 2.75) is 59.1 Å². The molecule has 1 aliphatic carbocycles. The van der Waals surface area contributed by atoms with Gasteiger partial charge in [-0.2, -0.15) is 0 Å². The molecule has 1 N–H and O–H groups in total. The van der Waals surface area contributed by atoms with E-state index in [9.17, 15) is 9.36 Å². The Kier molecular flexibility index (Phi) is 9.11. The summed E-state index contributed by atoms with van der Waals surface area (Å²) in [5.41, 5.74) is 4.86. The number of ether oxygens (including phenoxy) is 1. The Morgan fingerprint density at radius 2 is 1.87 bits per heavy atom. The Hall–Kier alpha value is -3.19. The second-order valence-electron chi connectivity index (χ2n) is 12.2. The number of aromatic nitrogens is 4. The zero-order valence-electron chi connectivity index (χ0n) is 26.2. The molecule has 6 rings (SSSR count). The molecule has 3 heterocycles. The predicted molar refractivity (Wildman–Crippen MR) is 180 cm³/mol. The van der Waals surface area contributed by atoms with Gasteiger partial charge in [0.1, 0.15) is 18.0 Å². The van der Waals surface area contributed by atoms with E-state index in [0.717, 1.165) is 51.3 Å². The van der Waals surface area contributed by atoms with Gasteiger partial charge < -0.3 is 23.5 Å². The van der Waals surface area contributed by atoms with Crippen LogP contribution in [0.4, 0.5) is 5.13 Å². The quantitative estimate of drug-likeness (QED) is 0.0726. The second kappa shape index (κ2) is 12.9. The average Bonchev–Trinajstić information content (AvgIpc) is 3.37. The van der Waals surface area contributed by atoms with E-state index in [-0.39, 0.29) is 37.3 Å². The number of nitrogens with zero attached hydrogens (tertiary/aromatic N) is 4. The van der Waals surface area contributed by atoms with Gasteiger partial charge in [0.2, 0.25) is 11.4 Å². The average molecular weight is 668 g/mol. The monoisotopic (exact) mass is 667 g/mol. The van der Waals surface area contributed by atoms with Gasteiger partial charge in [0.05, 0.1) is 28.9 Å². The molecule has 14 heteroatoms. The molecular weight excluding hydrogens is 629 g/mol. The highest BCUT2D eigenvalue weighted by molar-refractivity contribution is 7.61. The fourth-order valence-electron chi connectivity index (χ4n) is 4.98. The highest BCUT2D eigenvalue weighted by Crippen LogP contribution is 2.48. The molecule has 0 radical (unpaired) electrons. The van der Waals surface area contributed by atoms with E-state index in [2.05, 4.69) is 35.3 Å². The molecule has 3 aromatic heterocycles. The maximum atomic E-state index is 13.4. The van der Waals surface area contributed by atoms with Gasteiger partial charge in [0, 0.05) is 37.3 Å². The number of benzene rings is 2. The van der Waals surface area contributed by atoms with Crippen LogP contribution in [-0.4, -0.2) is 53.8 Å². The first-order chi connectivity index (χ1) is 21.6. The lowest BCUT2D eigenvalue weighted by atomic mass is 9.99. The summed E-state index contributed by atoms with van der Waals surface area (Å²) in [7, 11) is -4.87. The Morgan fingerprint density at radius 3 is 2.58 bits per heavy atom. The van der Waals surface area contributed by atoms with Gasteiger partial charge in [-0.3, -0.25) is 9.36 Å². The van der Waals surface area contributed by atoms with Crippen molar-refractivity contribution in [1.29, 1.82) is 0 Å². The predicted octanol–water partition coefficient (Wildman–Crippen LogP) is 7.52. The summed E-state index contributed by atoms with van der Waals surface area (Å²) < 4.78 is 39.3. The van der Waals surface area contributed by atoms with Crippen LogP contribution in [0.1, 0.15) is 26.7 Å². The molecule has 0 aliphatic heterocycles. The number of nitrogens with one attached hydrogen (secondary N) is 1. The third-order valence-electron chi connectivity index (χ3n) is 7.45. The highest BCUT2D eigenvalue weighted by atomic mass is 32.1. The zero-order valence-corrected chi connectivity index (χ0v) is 28.9. The van der Waals surface area contributed by atoms with Crippen LogP contribution in [0.3, 0.4) is 0 Å². The van der Waals surface area contributed by atoms with Crippen LogP contribution >= 0.6 is 18.9 Å². The molecule has 2 aromatic carbocycles. The number of fused-ring (bicyclic) bond motifs is 2. The van der Waals surface area contributed by atoms with E-state index in [1.165, 1.54) is 11.3 Å². The molecule has 11 nitrogen and oxygen atoms in total. The van der Waals surface area contributed by atoms with Crippen molar-refractivity contribution >= 4 is 64.8 Å². The van der Waals surface area contributed by atoms with Crippen molar-refractivity contribution < 1.29 is 27.6 Å². The van der Waals surface area contributed by atoms with Crippen LogP contribution in [0.25, 0.3) is 43.7 Å². The summed E-state index contributed by atoms with van der Waals surface area (Å²) in [6, 6.07) is 14.3. The Morgan fingerprint density at radius 1 is 1.09 bits per heavy atom. The first-order valence-corrected chi connectivity index (χ1v) is 21.3. The van der Waals surface area contributed by atoms with Gasteiger partial charge in [-0.1, -0.05) is 48.3 Å². The van der Waals surface area contributed by atoms with Crippen molar-refractivity contribution in [1.82, 2.24) is 20.0 Å². The molecule has 0 unspecified atom stereocenters. The van der Waals surface area contributed by atoms with E-state index < -0.39 is 15.7 Å². The minimum Gasteiger partial charge on any atom is -0.448 e. The molecule has 1 saturated carbocycles. The molecule has 0 atom stereocenters.